The van der Waals surface area contributed by atoms with Crippen LogP contribution in [-0.4, -0.2) is 16.6 Å². The molecule has 4 rings (SSSR count). The highest BCUT2D eigenvalue weighted by Gasteiger charge is 2.50. The molecule has 2 aliphatic rings. The summed E-state index contributed by atoms with van der Waals surface area (Å²) in [5, 5.41) is 13.9. The number of carbonyl (C=O) groups is 1. The SMILES string of the molecule is CC1=Cc2ccccc2C12CCC(Nc1cccc(Cl)c1)(C(=O)O)CC2. The van der Waals surface area contributed by atoms with Gasteiger partial charge < -0.3 is 10.4 Å². The molecule has 0 saturated heterocycles. The van der Waals surface area contributed by atoms with Crippen LogP contribution in [0.25, 0.3) is 6.08 Å². The van der Waals surface area contributed by atoms with Crippen LogP contribution in [0.4, 0.5) is 5.69 Å². The predicted molar refractivity (Wildman–Crippen MR) is 106 cm³/mol. The van der Waals surface area contributed by atoms with Crippen LogP contribution in [0.15, 0.2) is 54.1 Å². The van der Waals surface area contributed by atoms with Gasteiger partial charge in [0.1, 0.15) is 5.54 Å². The lowest BCUT2D eigenvalue weighted by atomic mass is 9.62. The van der Waals surface area contributed by atoms with Crippen LogP contribution in [0, 0.1) is 0 Å². The van der Waals surface area contributed by atoms with E-state index in [0.717, 1.165) is 18.5 Å². The summed E-state index contributed by atoms with van der Waals surface area (Å²) in [6, 6.07) is 15.8. The van der Waals surface area contributed by atoms with Crippen molar-refractivity contribution in [2.75, 3.05) is 5.32 Å². The van der Waals surface area contributed by atoms with E-state index in [1.54, 1.807) is 12.1 Å². The van der Waals surface area contributed by atoms with E-state index in [9.17, 15) is 9.90 Å². The van der Waals surface area contributed by atoms with Crippen LogP contribution in [-0.2, 0) is 10.2 Å². The van der Waals surface area contributed by atoms with Crippen LogP contribution in [0.5, 0.6) is 0 Å². The van der Waals surface area contributed by atoms with Gasteiger partial charge in [0.25, 0.3) is 0 Å². The lowest BCUT2D eigenvalue weighted by Gasteiger charge is -2.45. The summed E-state index contributed by atoms with van der Waals surface area (Å²) >= 11 is 6.07. The molecule has 0 aromatic heterocycles. The van der Waals surface area contributed by atoms with Crippen LogP contribution in [0.3, 0.4) is 0 Å². The second-order valence-corrected chi connectivity index (χ2v) is 7.96. The highest BCUT2D eigenvalue weighted by molar-refractivity contribution is 6.30. The van der Waals surface area contributed by atoms with Gasteiger partial charge >= 0.3 is 5.97 Å². The van der Waals surface area contributed by atoms with Gasteiger partial charge in [0.05, 0.1) is 0 Å². The normalized spacial score (nSPS) is 27.1. The zero-order chi connectivity index (χ0) is 18.4. The average Bonchev–Trinajstić information content (AvgIpc) is 2.89. The first-order chi connectivity index (χ1) is 12.5. The van der Waals surface area contributed by atoms with Crippen LogP contribution < -0.4 is 5.32 Å². The Morgan fingerprint density at radius 1 is 1.08 bits per heavy atom. The van der Waals surface area contributed by atoms with Gasteiger partial charge in [-0.1, -0.05) is 53.6 Å². The number of fused-ring (bicyclic) bond motifs is 2. The molecule has 0 atom stereocenters. The third-order valence-corrected chi connectivity index (χ3v) is 6.41. The number of nitrogens with one attached hydrogen (secondary N) is 1. The summed E-state index contributed by atoms with van der Waals surface area (Å²) in [6.45, 7) is 2.18. The maximum absolute atomic E-state index is 12.2. The van der Waals surface area contributed by atoms with Crippen LogP contribution in [0.2, 0.25) is 5.02 Å². The molecule has 1 spiro atoms. The number of hydrogen-bond acceptors (Lipinski definition) is 2. The summed E-state index contributed by atoms with van der Waals surface area (Å²) in [5.74, 6) is -0.791. The maximum Gasteiger partial charge on any atom is 0.329 e. The number of carboxylic acid groups (broad SMARTS) is 1. The zero-order valence-corrected chi connectivity index (χ0v) is 15.5. The Kier molecular flexibility index (Phi) is 4.07. The molecule has 1 saturated carbocycles. The maximum atomic E-state index is 12.2. The van der Waals surface area contributed by atoms with E-state index >= 15 is 0 Å². The van der Waals surface area contributed by atoms with Gasteiger partial charge in [0.2, 0.25) is 0 Å². The highest BCUT2D eigenvalue weighted by atomic mass is 35.5. The van der Waals surface area contributed by atoms with Crippen LogP contribution in [0.1, 0.15) is 43.7 Å². The predicted octanol–water partition coefficient (Wildman–Crippen LogP) is 5.50. The summed E-state index contributed by atoms with van der Waals surface area (Å²) in [5.41, 5.74) is 3.75. The molecule has 3 nitrogen and oxygen atoms in total. The molecule has 0 aliphatic heterocycles. The Morgan fingerprint density at radius 3 is 2.50 bits per heavy atom. The van der Waals surface area contributed by atoms with Gasteiger partial charge in [-0.25, -0.2) is 4.79 Å². The molecular weight excluding hydrogens is 346 g/mol. The minimum Gasteiger partial charge on any atom is -0.480 e. The fourth-order valence-corrected chi connectivity index (χ4v) is 4.83. The van der Waals surface area contributed by atoms with E-state index in [0.29, 0.717) is 17.9 Å². The molecule has 0 bridgehead atoms. The number of hydrogen-bond donors (Lipinski definition) is 2. The van der Waals surface area contributed by atoms with Crippen molar-refractivity contribution >= 4 is 29.3 Å². The van der Waals surface area contributed by atoms with E-state index in [1.165, 1.54) is 16.7 Å². The number of carboxylic acids is 1. The van der Waals surface area contributed by atoms with Gasteiger partial charge in [-0.05, 0) is 61.9 Å². The minimum absolute atomic E-state index is 0.0223. The van der Waals surface area contributed by atoms with Crippen molar-refractivity contribution in [1.29, 1.82) is 0 Å². The number of halogens is 1. The van der Waals surface area contributed by atoms with Crippen molar-refractivity contribution in [3.63, 3.8) is 0 Å². The lowest BCUT2D eigenvalue weighted by molar-refractivity contribution is -0.143. The molecular formula is C22H22ClNO2. The molecule has 1 fully saturated rings. The second kappa shape index (κ2) is 6.17. The molecule has 134 valence electrons. The zero-order valence-electron chi connectivity index (χ0n) is 14.8. The molecule has 2 aliphatic carbocycles. The molecule has 4 heteroatoms. The largest absolute Gasteiger partial charge is 0.480 e. The number of aliphatic carboxylic acids is 1. The summed E-state index contributed by atoms with van der Waals surface area (Å²) in [6.07, 6.45) is 5.06. The van der Waals surface area contributed by atoms with E-state index in [2.05, 4.69) is 42.6 Å². The Balaban J connectivity index is 1.63. The number of allylic oxidation sites excluding steroid dienone is 1. The Hall–Kier alpha value is -2.26. The number of rotatable bonds is 3. The van der Waals surface area contributed by atoms with Crippen LogP contribution >= 0.6 is 11.6 Å². The van der Waals surface area contributed by atoms with Gasteiger partial charge in [-0.2, -0.15) is 0 Å². The van der Waals surface area contributed by atoms with Gasteiger partial charge in [0.15, 0.2) is 0 Å². The monoisotopic (exact) mass is 367 g/mol. The van der Waals surface area contributed by atoms with E-state index in [-0.39, 0.29) is 5.41 Å². The van der Waals surface area contributed by atoms with Crippen molar-refractivity contribution < 1.29 is 9.90 Å². The fourth-order valence-electron chi connectivity index (χ4n) is 4.64. The molecule has 0 heterocycles. The number of anilines is 1. The lowest BCUT2D eigenvalue weighted by Crippen LogP contribution is -2.52. The first-order valence-electron chi connectivity index (χ1n) is 9.01. The quantitative estimate of drug-likeness (QED) is 0.752. The topological polar surface area (TPSA) is 49.3 Å². The van der Waals surface area contributed by atoms with Crippen molar-refractivity contribution in [1.82, 2.24) is 0 Å². The van der Waals surface area contributed by atoms with Gasteiger partial charge in [-0.15, -0.1) is 0 Å². The highest BCUT2D eigenvalue weighted by Crippen LogP contribution is 2.53. The minimum atomic E-state index is -0.951. The van der Waals surface area contributed by atoms with Crippen molar-refractivity contribution in [2.24, 2.45) is 0 Å². The number of benzene rings is 2. The third kappa shape index (κ3) is 2.62. The summed E-state index contributed by atoms with van der Waals surface area (Å²) < 4.78 is 0. The van der Waals surface area contributed by atoms with E-state index in [1.807, 2.05) is 12.1 Å². The molecule has 0 unspecified atom stereocenters. The Bertz CT molecular complexity index is 895. The Labute approximate surface area is 158 Å². The third-order valence-electron chi connectivity index (χ3n) is 6.18. The van der Waals surface area contributed by atoms with Crippen molar-refractivity contribution in [3.05, 3.63) is 70.3 Å². The fraction of sp³-hybridized carbons (Fsp3) is 0.318. The molecule has 0 radical (unpaired) electrons. The molecule has 0 amide bonds. The average molecular weight is 368 g/mol. The molecule has 2 aromatic rings. The van der Waals surface area contributed by atoms with Gasteiger partial charge in [-0.3, -0.25) is 0 Å². The molecule has 2 aromatic carbocycles. The smallest absolute Gasteiger partial charge is 0.329 e. The van der Waals surface area contributed by atoms with E-state index in [4.69, 9.17) is 11.6 Å². The first-order valence-corrected chi connectivity index (χ1v) is 9.38. The molecule has 2 N–H and O–H groups in total. The first kappa shape index (κ1) is 17.2. The van der Waals surface area contributed by atoms with E-state index < -0.39 is 11.5 Å². The second-order valence-electron chi connectivity index (χ2n) is 7.52. The summed E-state index contributed by atoms with van der Waals surface area (Å²) in [7, 11) is 0. The Morgan fingerprint density at radius 2 is 1.81 bits per heavy atom. The van der Waals surface area contributed by atoms with Gasteiger partial charge in [0, 0.05) is 16.1 Å². The summed E-state index contributed by atoms with van der Waals surface area (Å²) in [4.78, 5) is 12.2. The van der Waals surface area contributed by atoms with Crippen molar-refractivity contribution in [2.45, 2.75) is 43.6 Å². The van der Waals surface area contributed by atoms with Crippen molar-refractivity contribution in [3.8, 4) is 0 Å². The standard InChI is InChI=1S/C22H22ClNO2/c1-15-13-16-5-2-3-8-19(16)21(15)9-11-22(12-10-21,20(25)26)24-18-7-4-6-17(23)14-18/h2-8,13-14,24H,9-12H2,1H3,(H,25,26). The molecule has 26 heavy (non-hydrogen) atoms.